The molecule has 2 aromatic rings. The van der Waals surface area contributed by atoms with Crippen molar-refractivity contribution in [3.8, 4) is 0 Å². The van der Waals surface area contributed by atoms with Crippen LogP contribution in [0.15, 0.2) is 40.4 Å². The van der Waals surface area contributed by atoms with Gasteiger partial charge >= 0.3 is 0 Å². The van der Waals surface area contributed by atoms with Crippen LogP contribution in [0.4, 0.5) is 5.69 Å². The van der Waals surface area contributed by atoms with Crippen molar-refractivity contribution in [2.45, 2.75) is 36.7 Å². The molecule has 0 atom stereocenters. The van der Waals surface area contributed by atoms with E-state index in [-0.39, 0.29) is 16.6 Å². The van der Waals surface area contributed by atoms with Crippen LogP contribution >= 0.6 is 11.8 Å². The van der Waals surface area contributed by atoms with Gasteiger partial charge < -0.3 is 5.32 Å². The number of thioether (sulfide) groups is 1. The second-order valence-electron chi connectivity index (χ2n) is 5.44. The Morgan fingerprint density at radius 3 is 2.52 bits per heavy atom. The van der Waals surface area contributed by atoms with Crippen LogP contribution in [0.25, 0.3) is 0 Å². The molecule has 0 bridgehead atoms. The smallest absolute Gasteiger partial charge is 0.238 e. The molecule has 1 aromatic heterocycles. The third kappa shape index (κ3) is 6.11. The average molecular weight is 380 g/mol. The van der Waals surface area contributed by atoms with E-state index >= 15 is 0 Å². The Morgan fingerprint density at radius 1 is 1.24 bits per heavy atom. The maximum Gasteiger partial charge on any atom is 0.238 e. The molecule has 0 spiro atoms. The van der Waals surface area contributed by atoms with E-state index in [0.717, 1.165) is 24.2 Å². The summed E-state index contributed by atoms with van der Waals surface area (Å²) in [4.78, 5) is 20.8. The van der Waals surface area contributed by atoms with Crippen LogP contribution in [0.3, 0.4) is 0 Å². The summed E-state index contributed by atoms with van der Waals surface area (Å²) in [6, 6.07) is 7.62. The summed E-state index contributed by atoms with van der Waals surface area (Å²) < 4.78 is 22.4. The van der Waals surface area contributed by atoms with Crippen molar-refractivity contribution in [1.82, 2.24) is 9.97 Å². The van der Waals surface area contributed by atoms with Gasteiger partial charge in [-0.25, -0.2) is 23.5 Å². The van der Waals surface area contributed by atoms with Crippen molar-refractivity contribution in [3.05, 3.63) is 41.7 Å². The van der Waals surface area contributed by atoms with Crippen LogP contribution in [0.1, 0.15) is 24.7 Å². The van der Waals surface area contributed by atoms with E-state index in [1.165, 1.54) is 36.0 Å². The molecule has 0 unspecified atom stereocenters. The number of carbonyl (C=O) groups excluding carboxylic acids is 1. The second-order valence-corrected chi connectivity index (χ2v) is 7.94. The Labute approximate surface area is 151 Å². The van der Waals surface area contributed by atoms with Crippen LogP contribution in [0, 0.1) is 6.92 Å². The lowest BCUT2D eigenvalue weighted by Gasteiger charge is -2.07. The number of primary sulfonamides is 1. The topological polar surface area (TPSA) is 115 Å². The Kier molecular flexibility index (Phi) is 6.51. The van der Waals surface area contributed by atoms with Gasteiger partial charge in [0, 0.05) is 17.1 Å². The normalized spacial score (nSPS) is 11.3. The first kappa shape index (κ1) is 19.4. The Hall–Kier alpha value is -1.97. The van der Waals surface area contributed by atoms with Gasteiger partial charge in [-0.15, -0.1) is 0 Å². The third-order valence-corrected chi connectivity index (χ3v) is 4.97. The first-order chi connectivity index (χ1) is 11.8. The molecular formula is C16H20N4O3S2. The number of aromatic nitrogens is 2. The van der Waals surface area contributed by atoms with Gasteiger partial charge in [0.25, 0.3) is 0 Å². The maximum absolute atomic E-state index is 12.0. The molecule has 0 fully saturated rings. The monoisotopic (exact) mass is 380 g/mol. The summed E-state index contributed by atoms with van der Waals surface area (Å²) in [5, 5.41) is 8.30. The van der Waals surface area contributed by atoms with Crippen molar-refractivity contribution in [3.63, 3.8) is 0 Å². The molecule has 2 rings (SSSR count). The Balaban J connectivity index is 1.95. The standard InChI is InChI=1S/C16H20N4O3S2/c1-3-4-13-9-11(2)18-16(20-13)24-10-15(21)19-12-5-7-14(8-6-12)25(17,22)23/h5-9H,3-4,10H2,1-2H3,(H,19,21)(H2,17,22,23). The maximum atomic E-state index is 12.0. The molecule has 7 nitrogen and oxygen atoms in total. The number of nitrogens with zero attached hydrogens (tertiary/aromatic N) is 2. The third-order valence-electron chi connectivity index (χ3n) is 3.19. The summed E-state index contributed by atoms with van der Waals surface area (Å²) in [6.45, 7) is 3.98. The molecule has 0 radical (unpaired) electrons. The van der Waals surface area contributed by atoms with Crippen LogP contribution in [0.5, 0.6) is 0 Å². The van der Waals surface area contributed by atoms with Crippen LogP contribution in [0.2, 0.25) is 0 Å². The second kappa shape index (κ2) is 8.41. The van der Waals surface area contributed by atoms with E-state index in [1.54, 1.807) is 0 Å². The van der Waals surface area contributed by atoms with Gasteiger partial charge in [0.1, 0.15) is 0 Å². The van der Waals surface area contributed by atoms with E-state index in [2.05, 4.69) is 22.2 Å². The van der Waals surface area contributed by atoms with Crippen molar-refractivity contribution in [2.75, 3.05) is 11.1 Å². The summed E-state index contributed by atoms with van der Waals surface area (Å²) in [5.74, 6) is -0.0677. The SMILES string of the molecule is CCCc1cc(C)nc(SCC(=O)Nc2ccc(S(N)(=O)=O)cc2)n1. The fourth-order valence-corrected chi connectivity index (χ4v) is 3.35. The zero-order valence-electron chi connectivity index (χ0n) is 14.0. The minimum atomic E-state index is -3.74. The van der Waals surface area contributed by atoms with E-state index in [0.29, 0.717) is 10.8 Å². The molecular weight excluding hydrogens is 360 g/mol. The van der Waals surface area contributed by atoms with Crippen LogP contribution in [-0.2, 0) is 21.2 Å². The average Bonchev–Trinajstić information content (AvgIpc) is 2.52. The summed E-state index contributed by atoms with van der Waals surface area (Å²) in [7, 11) is -3.74. The number of nitrogens with one attached hydrogen (secondary N) is 1. The van der Waals surface area contributed by atoms with Gasteiger partial charge in [0.2, 0.25) is 15.9 Å². The van der Waals surface area contributed by atoms with Gasteiger partial charge in [0.15, 0.2) is 5.16 Å². The molecule has 0 saturated carbocycles. The van der Waals surface area contributed by atoms with E-state index < -0.39 is 10.0 Å². The van der Waals surface area contributed by atoms with Crippen LogP contribution in [-0.4, -0.2) is 30.0 Å². The predicted molar refractivity (Wildman–Crippen MR) is 97.9 cm³/mol. The van der Waals surface area contributed by atoms with Gasteiger partial charge in [-0.05, 0) is 43.7 Å². The summed E-state index contributed by atoms with van der Waals surface area (Å²) >= 11 is 1.26. The van der Waals surface area contributed by atoms with Crippen molar-refractivity contribution < 1.29 is 13.2 Å². The Bertz CT molecular complexity index is 852. The van der Waals surface area contributed by atoms with E-state index in [1.807, 2.05) is 13.0 Å². The van der Waals surface area contributed by atoms with Crippen LogP contribution < -0.4 is 10.5 Å². The van der Waals surface area contributed by atoms with Crippen molar-refractivity contribution >= 4 is 33.4 Å². The number of aryl methyl sites for hydroxylation is 2. The number of amides is 1. The number of sulfonamides is 1. The zero-order valence-corrected chi connectivity index (χ0v) is 15.7. The number of carbonyl (C=O) groups is 1. The van der Waals surface area contributed by atoms with E-state index in [9.17, 15) is 13.2 Å². The molecule has 0 saturated heterocycles. The molecule has 1 aromatic carbocycles. The minimum Gasteiger partial charge on any atom is -0.325 e. The van der Waals surface area contributed by atoms with Crippen molar-refractivity contribution in [2.24, 2.45) is 5.14 Å². The molecule has 9 heteroatoms. The number of rotatable bonds is 7. The van der Waals surface area contributed by atoms with Crippen molar-refractivity contribution in [1.29, 1.82) is 0 Å². The van der Waals surface area contributed by atoms with Gasteiger partial charge in [-0.1, -0.05) is 25.1 Å². The highest BCUT2D eigenvalue weighted by molar-refractivity contribution is 7.99. The number of anilines is 1. The summed E-state index contributed by atoms with van der Waals surface area (Å²) in [6.07, 6.45) is 1.87. The molecule has 0 aliphatic rings. The molecule has 0 aliphatic carbocycles. The zero-order chi connectivity index (χ0) is 18.4. The highest BCUT2D eigenvalue weighted by Crippen LogP contribution is 2.17. The fraction of sp³-hybridized carbons (Fsp3) is 0.312. The predicted octanol–water partition coefficient (Wildman–Crippen LogP) is 2.12. The first-order valence-corrected chi connectivity index (χ1v) is 10.2. The van der Waals surface area contributed by atoms with Gasteiger partial charge in [-0.2, -0.15) is 0 Å². The number of hydrogen-bond donors (Lipinski definition) is 2. The molecule has 1 heterocycles. The first-order valence-electron chi connectivity index (χ1n) is 7.68. The molecule has 25 heavy (non-hydrogen) atoms. The molecule has 0 aliphatic heterocycles. The highest BCUT2D eigenvalue weighted by Gasteiger charge is 2.10. The lowest BCUT2D eigenvalue weighted by Crippen LogP contribution is -2.15. The molecule has 134 valence electrons. The quantitative estimate of drug-likeness (QED) is 0.561. The lowest BCUT2D eigenvalue weighted by atomic mass is 10.2. The molecule has 1 amide bonds. The largest absolute Gasteiger partial charge is 0.325 e. The number of benzene rings is 1. The minimum absolute atomic E-state index is 0.00325. The lowest BCUT2D eigenvalue weighted by molar-refractivity contribution is -0.113. The number of nitrogens with two attached hydrogens (primary N) is 1. The summed E-state index contributed by atoms with van der Waals surface area (Å²) in [5.41, 5.74) is 2.34. The fourth-order valence-electron chi connectivity index (χ4n) is 2.11. The molecule has 3 N–H and O–H groups in total. The van der Waals surface area contributed by atoms with Gasteiger partial charge in [0.05, 0.1) is 10.6 Å². The van der Waals surface area contributed by atoms with Gasteiger partial charge in [-0.3, -0.25) is 4.79 Å². The highest BCUT2D eigenvalue weighted by atomic mass is 32.2. The van der Waals surface area contributed by atoms with E-state index in [4.69, 9.17) is 5.14 Å². The number of hydrogen-bond acceptors (Lipinski definition) is 6. The Morgan fingerprint density at radius 2 is 1.92 bits per heavy atom.